The average molecular weight is 562 g/mol. The van der Waals surface area contributed by atoms with Crippen LogP contribution in [0.15, 0.2) is 59.4 Å². The Labute approximate surface area is 242 Å². The molecule has 2 aromatic carbocycles. The summed E-state index contributed by atoms with van der Waals surface area (Å²) in [5, 5.41) is 11.8. The fourth-order valence-corrected chi connectivity index (χ4v) is 4.83. The zero-order valence-corrected chi connectivity index (χ0v) is 23.8. The summed E-state index contributed by atoms with van der Waals surface area (Å²) >= 11 is 0. The van der Waals surface area contributed by atoms with Crippen molar-refractivity contribution in [3.05, 3.63) is 98.9 Å². The van der Waals surface area contributed by atoms with Gasteiger partial charge in [-0.15, -0.1) is 5.10 Å². The number of anilines is 2. The van der Waals surface area contributed by atoms with Gasteiger partial charge in [0.1, 0.15) is 17.2 Å². The number of hydrogen-bond donors (Lipinski definition) is 3. The molecule has 5 N–H and O–H groups in total. The number of amides is 1. The Morgan fingerprint density at radius 3 is 2.50 bits per heavy atom. The molecule has 0 radical (unpaired) electrons. The Hall–Kier alpha value is -5.63. The molecule has 5 aromatic rings. The molecule has 42 heavy (non-hydrogen) atoms. The molecule has 3 aromatic heterocycles. The maximum atomic E-state index is 13.5. The number of nitrogens with zero attached hydrogens (tertiary/aromatic N) is 6. The Morgan fingerprint density at radius 1 is 1.07 bits per heavy atom. The smallest absolute Gasteiger partial charge is 0.267 e. The normalized spacial score (nSPS) is 11.6. The lowest BCUT2D eigenvalue weighted by molar-refractivity contribution is 0.100. The van der Waals surface area contributed by atoms with E-state index in [1.54, 1.807) is 10.8 Å². The number of carbonyl (C=O) groups excluding carboxylic acids is 1. The van der Waals surface area contributed by atoms with Crippen LogP contribution in [0.4, 0.5) is 11.6 Å². The number of hydrogen-bond acceptors (Lipinski definition) is 7. The SMILES string of the molecule is CCc1nc2cccc(C#Cc3c(C)nn(C)c3C)c2c(=O)n1-c1ccccc1.NC(=O)c1c(N)nn2c1NCC=C2. The van der Waals surface area contributed by atoms with E-state index in [0.29, 0.717) is 35.2 Å². The fourth-order valence-electron chi connectivity index (χ4n) is 4.83. The van der Waals surface area contributed by atoms with Crippen molar-refractivity contribution in [3.8, 4) is 17.5 Å². The molecule has 1 aliphatic heterocycles. The van der Waals surface area contributed by atoms with Crippen LogP contribution in [0.25, 0.3) is 22.8 Å². The Bertz CT molecular complexity index is 1970. The summed E-state index contributed by atoms with van der Waals surface area (Å²) in [5.74, 6) is 7.30. The van der Waals surface area contributed by atoms with Crippen LogP contribution in [0, 0.1) is 25.7 Å². The van der Waals surface area contributed by atoms with Crippen molar-refractivity contribution in [2.24, 2.45) is 12.8 Å². The van der Waals surface area contributed by atoms with Crippen molar-refractivity contribution in [3.63, 3.8) is 0 Å². The van der Waals surface area contributed by atoms with E-state index in [2.05, 4.69) is 27.4 Å². The van der Waals surface area contributed by atoms with E-state index >= 15 is 0 Å². The third-order valence-electron chi connectivity index (χ3n) is 6.95. The number of aryl methyl sites for hydroxylation is 3. The van der Waals surface area contributed by atoms with Crippen LogP contribution in [0.1, 0.15) is 45.6 Å². The van der Waals surface area contributed by atoms with Gasteiger partial charge in [-0.2, -0.15) is 5.10 Å². The number of rotatable bonds is 3. The number of benzene rings is 2. The van der Waals surface area contributed by atoms with Crippen LogP contribution < -0.4 is 22.3 Å². The molecule has 1 amide bonds. The van der Waals surface area contributed by atoms with E-state index < -0.39 is 5.91 Å². The molecular weight excluding hydrogens is 530 g/mol. The third kappa shape index (κ3) is 5.13. The summed E-state index contributed by atoms with van der Waals surface area (Å²) in [7, 11) is 1.90. The number of nitrogens with two attached hydrogens (primary N) is 2. The number of primary amides is 1. The van der Waals surface area contributed by atoms with Gasteiger partial charge in [-0.05, 0) is 44.2 Å². The molecule has 212 valence electrons. The van der Waals surface area contributed by atoms with Crippen LogP contribution in [0.2, 0.25) is 0 Å². The number of nitrogens with one attached hydrogen (secondary N) is 1. The molecule has 0 atom stereocenters. The first kappa shape index (κ1) is 27.9. The van der Waals surface area contributed by atoms with E-state index in [1.807, 2.05) is 87.1 Å². The lowest BCUT2D eigenvalue weighted by Crippen LogP contribution is -2.24. The molecular formula is C31H31N9O2. The second-order valence-corrected chi connectivity index (χ2v) is 9.66. The first-order valence-corrected chi connectivity index (χ1v) is 13.4. The van der Waals surface area contributed by atoms with Crippen molar-refractivity contribution in [1.29, 1.82) is 0 Å². The van der Waals surface area contributed by atoms with Gasteiger partial charge in [-0.3, -0.25) is 18.8 Å². The molecule has 6 rings (SSSR count). The molecule has 0 bridgehead atoms. The van der Waals surface area contributed by atoms with Gasteiger partial charge in [0.25, 0.3) is 11.5 Å². The second-order valence-electron chi connectivity index (χ2n) is 9.66. The fraction of sp³-hybridized carbons (Fsp3) is 0.194. The third-order valence-corrected chi connectivity index (χ3v) is 6.95. The monoisotopic (exact) mass is 561 g/mol. The zero-order chi connectivity index (χ0) is 30.0. The number of aromatic nitrogens is 6. The minimum atomic E-state index is -0.568. The van der Waals surface area contributed by atoms with Gasteiger partial charge in [-0.1, -0.05) is 43.0 Å². The Kier molecular flexibility index (Phi) is 7.62. The molecule has 0 fully saturated rings. The van der Waals surface area contributed by atoms with Gasteiger partial charge >= 0.3 is 0 Å². The van der Waals surface area contributed by atoms with Crippen LogP contribution in [-0.4, -0.2) is 41.6 Å². The van der Waals surface area contributed by atoms with Crippen molar-refractivity contribution in [2.45, 2.75) is 27.2 Å². The molecule has 0 spiro atoms. The molecule has 0 saturated carbocycles. The van der Waals surface area contributed by atoms with Crippen LogP contribution in [0.3, 0.4) is 0 Å². The number of fused-ring (bicyclic) bond motifs is 2. The first-order valence-electron chi connectivity index (χ1n) is 13.4. The lowest BCUT2D eigenvalue weighted by atomic mass is 10.1. The molecule has 11 nitrogen and oxygen atoms in total. The van der Waals surface area contributed by atoms with Crippen LogP contribution >= 0.6 is 0 Å². The average Bonchev–Trinajstić information content (AvgIpc) is 3.45. The number of nitrogen functional groups attached to an aromatic ring is 1. The Balaban J connectivity index is 0.000000226. The largest absolute Gasteiger partial charge is 0.381 e. The quantitative estimate of drug-likeness (QED) is 0.286. The van der Waals surface area contributed by atoms with E-state index in [0.717, 1.165) is 28.5 Å². The van der Waals surface area contributed by atoms with E-state index in [-0.39, 0.29) is 16.9 Å². The van der Waals surface area contributed by atoms with Gasteiger partial charge in [0.2, 0.25) is 0 Å². The first-order chi connectivity index (χ1) is 20.2. The van der Waals surface area contributed by atoms with Crippen molar-refractivity contribution in [2.75, 3.05) is 17.6 Å². The van der Waals surface area contributed by atoms with Crippen LogP contribution in [-0.2, 0) is 13.5 Å². The highest BCUT2D eigenvalue weighted by Crippen LogP contribution is 2.23. The summed E-state index contributed by atoms with van der Waals surface area (Å²) in [4.78, 5) is 29.3. The molecule has 0 unspecified atom stereocenters. The highest BCUT2D eigenvalue weighted by Gasteiger charge is 2.20. The van der Waals surface area contributed by atoms with Gasteiger partial charge < -0.3 is 16.8 Å². The van der Waals surface area contributed by atoms with Gasteiger partial charge in [0, 0.05) is 31.8 Å². The maximum Gasteiger partial charge on any atom is 0.267 e. The predicted octanol–water partition coefficient (Wildman–Crippen LogP) is 3.16. The summed E-state index contributed by atoms with van der Waals surface area (Å²) in [6, 6.07) is 15.3. The van der Waals surface area contributed by atoms with Crippen molar-refractivity contribution >= 4 is 34.6 Å². The summed E-state index contributed by atoms with van der Waals surface area (Å²) in [6.45, 7) is 6.58. The summed E-state index contributed by atoms with van der Waals surface area (Å²) in [5.41, 5.74) is 15.8. The number of carbonyl (C=O) groups is 1. The highest BCUT2D eigenvalue weighted by atomic mass is 16.1. The molecule has 0 saturated heterocycles. The van der Waals surface area contributed by atoms with E-state index in [1.165, 1.54) is 4.68 Å². The minimum absolute atomic E-state index is 0.0948. The second kappa shape index (κ2) is 11.5. The van der Waals surface area contributed by atoms with E-state index in [4.69, 9.17) is 16.5 Å². The standard InChI is InChI=1S/C24H22N4O.C7H9N5O/c1-5-22-25-21-13-9-10-18(14-15-20-16(2)26-27(4)17(20)3)23(21)24(29)28(22)19-11-7-6-8-12-19;8-5-4(6(9)13)7-10-2-1-3-12(7)11-5/h6-13H,5H2,1-4H3;1,3,10H,2H2,(H2,8,11)(H2,9,13). The molecule has 11 heteroatoms. The predicted molar refractivity (Wildman–Crippen MR) is 164 cm³/mol. The highest BCUT2D eigenvalue weighted by molar-refractivity contribution is 6.02. The van der Waals surface area contributed by atoms with Gasteiger partial charge in [0.15, 0.2) is 5.82 Å². The minimum Gasteiger partial charge on any atom is -0.381 e. The molecule has 4 heterocycles. The summed E-state index contributed by atoms with van der Waals surface area (Å²) < 4.78 is 5.01. The topological polar surface area (TPSA) is 152 Å². The summed E-state index contributed by atoms with van der Waals surface area (Å²) in [6.07, 6.45) is 4.25. The zero-order valence-electron chi connectivity index (χ0n) is 23.8. The van der Waals surface area contributed by atoms with Gasteiger partial charge in [0.05, 0.1) is 33.5 Å². The number of para-hydroxylation sites is 1. The molecule has 1 aliphatic rings. The van der Waals surface area contributed by atoms with Gasteiger partial charge in [-0.25, -0.2) is 9.67 Å². The van der Waals surface area contributed by atoms with Crippen molar-refractivity contribution < 1.29 is 4.79 Å². The van der Waals surface area contributed by atoms with Crippen molar-refractivity contribution in [1.82, 2.24) is 29.1 Å². The van der Waals surface area contributed by atoms with Crippen LogP contribution in [0.5, 0.6) is 0 Å². The lowest BCUT2D eigenvalue weighted by Gasteiger charge is -2.13. The van der Waals surface area contributed by atoms with E-state index in [9.17, 15) is 9.59 Å². The maximum absolute atomic E-state index is 13.5. The molecule has 0 aliphatic carbocycles. The Morgan fingerprint density at radius 2 is 1.83 bits per heavy atom.